The number of aromatic hydroxyl groups is 1. The minimum Gasteiger partial charge on any atom is -0.504 e. The molecule has 0 aliphatic heterocycles. The van der Waals surface area contributed by atoms with Gasteiger partial charge in [0.05, 0.1) is 13.5 Å². The van der Waals surface area contributed by atoms with Crippen LogP contribution in [0.25, 0.3) is 22.9 Å². The number of rotatable bonds is 7. The Balaban J connectivity index is 1.63. The summed E-state index contributed by atoms with van der Waals surface area (Å²) in [4.78, 5) is 24.1. The summed E-state index contributed by atoms with van der Waals surface area (Å²) in [7, 11) is 1.46. The molecule has 1 N–H and O–H groups in total. The molecule has 0 unspecified atom stereocenters. The van der Waals surface area contributed by atoms with Crippen molar-refractivity contribution < 1.29 is 19.4 Å². The zero-order valence-corrected chi connectivity index (χ0v) is 15.5. The summed E-state index contributed by atoms with van der Waals surface area (Å²) in [6.45, 7) is 0. The van der Waals surface area contributed by atoms with Crippen molar-refractivity contribution in [3.63, 3.8) is 0 Å². The molecule has 4 heteroatoms. The van der Waals surface area contributed by atoms with Crippen LogP contribution >= 0.6 is 0 Å². The fourth-order valence-corrected chi connectivity index (χ4v) is 2.87. The molecule has 0 heterocycles. The number of phenolic OH excluding ortho intramolecular Hbond substituents is 1. The largest absolute Gasteiger partial charge is 0.504 e. The predicted octanol–water partition coefficient (Wildman–Crippen LogP) is 4.81. The van der Waals surface area contributed by atoms with Crippen molar-refractivity contribution in [3.05, 3.63) is 83.9 Å². The zero-order valence-electron chi connectivity index (χ0n) is 15.5. The first-order valence-electron chi connectivity index (χ1n) is 8.83. The maximum absolute atomic E-state index is 12.1. The molecule has 0 aliphatic carbocycles. The number of benzene rings is 3. The van der Waals surface area contributed by atoms with E-state index >= 15 is 0 Å². The van der Waals surface area contributed by atoms with Crippen molar-refractivity contribution in [2.45, 2.75) is 6.42 Å². The molecule has 0 saturated carbocycles. The Morgan fingerprint density at radius 2 is 1.64 bits per heavy atom. The average Bonchev–Trinajstić information content (AvgIpc) is 2.70. The van der Waals surface area contributed by atoms with E-state index in [2.05, 4.69) is 0 Å². The van der Waals surface area contributed by atoms with Gasteiger partial charge >= 0.3 is 0 Å². The first kappa shape index (κ1) is 19.1. The number of carbonyl (C=O) groups is 2. The Morgan fingerprint density at radius 1 is 0.929 bits per heavy atom. The van der Waals surface area contributed by atoms with Crippen LogP contribution < -0.4 is 4.74 Å². The highest BCUT2D eigenvalue weighted by Gasteiger charge is 2.05. The van der Waals surface area contributed by atoms with Crippen molar-refractivity contribution in [2.75, 3.05) is 7.11 Å². The average molecular weight is 372 g/mol. The van der Waals surface area contributed by atoms with Crippen molar-refractivity contribution >= 4 is 34.5 Å². The van der Waals surface area contributed by atoms with E-state index in [4.69, 9.17) is 4.74 Å². The standard InChI is InChI=1S/C24H20O4/c1-28-24-14-10-17(15-23(24)27)9-12-20(25)16-21(26)13-11-19-7-4-6-18-5-2-3-8-22(18)19/h2-15,27H,16H2,1H3. The number of ketones is 2. The van der Waals surface area contributed by atoms with Crippen LogP contribution in [-0.2, 0) is 9.59 Å². The van der Waals surface area contributed by atoms with Crippen LogP contribution in [0.1, 0.15) is 17.5 Å². The molecule has 4 nitrogen and oxygen atoms in total. The van der Waals surface area contributed by atoms with Crippen LogP contribution in [0.4, 0.5) is 0 Å². The van der Waals surface area contributed by atoms with Crippen LogP contribution in [0.2, 0.25) is 0 Å². The fourth-order valence-electron chi connectivity index (χ4n) is 2.87. The number of methoxy groups -OCH3 is 1. The van der Waals surface area contributed by atoms with E-state index in [9.17, 15) is 14.7 Å². The van der Waals surface area contributed by atoms with Gasteiger partial charge in [-0.3, -0.25) is 9.59 Å². The molecule has 28 heavy (non-hydrogen) atoms. The second-order valence-corrected chi connectivity index (χ2v) is 6.28. The third-order valence-corrected chi connectivity index (χ3v) is 4.29. The second-order valence-electron chi connectivity index (χ2n) is 6.28. The molecular formula is C24H20O4. The topological polar surface area (TPSA) is 63.6 Å². The SMILES string of the molecule is COc1ccc(C=CC(=O)CC(=O)C=Cc2cccc3ccccc23)cc1O. The van der Waals surface area contributed by atoms with E-state index in [-0.39, 0.29) is 23.7 Å². The van der Waals surface area contributed by atoms with E-state index in [1.54, 1.807) is 24.3 Å². The summed E-state index contributed by atoms with van der Waals surface area (Å²) in [6, 6.07) is 18.6. The summed E-state index contributed by atoms with van der Waals surface area (Å²) in [5.74, 6) is -0.216. The van der Waals surface area contributed by atoms with Crippen molar-refractivity contribution in [3.8, 4) is 11.5 Å². The lowest BCUT2D eigenvalue weighted by Crippen LogP contribution is -2.01. The Kier molecular flexibility index (Phi) is 6.02. The lowest BCUT2D eigenvalue weighted by Gasteiger charge is -2.03. The van der Waals surface area contributed by atoms with E-state index in [0.29, 0.717) is 11.3 Å². The van der Waals surface area contributed by atoms with E-state index in [1.165, 1.54) is 25.3 Å². The monoisotopic (exact) mass is 372 g/mol. The van der Waals surface area contributed by atoms with Crippen LogP contribution in [-0.4, -0.2) is 23.8 Å². The third-order valence-electron chi connectivity index (χ3n) is 4.29. The normalized spacial score (nSPS) is 11.3. The minimum atomic E-state index is -0.303. The number of hydrogen-bond acceptors (Lipinski definition) is 4. The molecule has 140 valence electrons. The number of fused-ring (bicyclic) bond motifs is 1. The van der Waals surface area contributed by atoms with Gasteiger partial charge in [0, 0.05) is 0 Å². The molecule has 0 amide bonds. The van der Waals surface area contributed by atoms with Gasteiger partial charge in [0.15, 0.2) is 23.1 Å². The third kappa shape index (κ3) is 4.74. The zero-order chi connectivity index (χ0) is 19.9. The molecule has 0 atom stereocenters. The number of ether oxygens (including phenoxy) is 1. The van der Waals surface area contributed by atoms with Gasteiger partial charge < -0.3 is 9.84 Å². The molecule has 0 aliphatic rings. The van der Waals surface area contributed by atoms with Gasteiger partial charge in [-0.15, -0.1) is 0 Å². The lowest BCUT2D eigenvalue weighted by atomic mass is 10.0. The van der Waals surface area contributed by atoms with Gasteiger partial charge in [0.2, 0.25) is 0 Å². The quantitative estimate of drug-likeness (QED) is 0.478. The molecule has 3 rings (SSSR count). The van der Waals surface area contributed by atoms with Crippen molar-refractivity contribution in [2.24, 2.45) is 0 Å². The van der Waals surface area contributed by atoms with Crippen LogP contribution in [0.3, 0.4) is 0 Å². The number of allylic oxidation sites excluding steroid dienone is 2. The first-order chi connectivity index (χ1) is 13.6. The second kappa shape index (κ2) is 8.82. The molecule has 0 bridgehead atoms. The van der Waals surface area contributed by atoms with Gasteiger partial charge in [-0.25, -0.2) is 0 Å². The maximum atomic E-state index is 12.1. The van der Waals surface area contributed by atoms with E-state index in [1.807, 2.05) is 42.5 Å². The molecule has 0 spiro atoms. The predicted molar refractivity (Wildman–Crippen MR) is 111 cm³/mol. The number of carbonyl (C=O) groups excluding carboxylic acids is 2. The fraction of sp³-hybridized carbons (Fsp3) is 0.0833. The van der Waals surface area contributed by atoms with Crippen LogP contribution in [0, 0.1) is 0 Å². The molecule has 0 radical (unpaired) electrons. The number of phenols is 1. The molecule has 3 aromatic carbocycles. The van der Waals surface area contributed by atoms with Gasteiger partial charge in [-0.2, -0.15) is 0 Å². The number of hydrogen-bond donors (Lipinski definition) is 1. The summed E-state index contributed by atoms with van der Waals surface area (Å²) < 4.78 is 4.98. The van der Waals surface area contributed by atoms with E-state index in [0.717, 1.165) is 16.3 Å². The Morgan fingerprint density at radius 3 is 2.39 bits per heavy atom. The summed E-state index contributed by atoms with van der Waals surface area (Å²) in [5.41, 5.74) is 1.58. The molecule has 0 aromatic heterocycles. The van der Waals surface area contributed by atoms with E-state index < -0.39 is 0 Å². The highest BCUT2D eigenvalue weighted by molar-refractivity contribution is 6.11. The van der Waals surface area contributed by atoms with Gasteiger partial charge in [0.1, 0.15) is 0 Å². The molecule has 0 saturated heterocycles. The van der Waals surface area contributed by atoms with Crippen LogP contribution in [0.5, 0.6) is 11.5 Å². The smallest absolute Gasteiger partial charge is 0.163 e. The van der Waals surface area contributed by atoms with Crippen molar-refractivity contribution in [1.82, 2.24) is 0 Å². The molecular weight excluding hydrogens is 352 g/mol. The van der Waals surface area contributed by atoms with Crippen LogP contribution in [0.15, 0.2) is 72.8 Å². The molecule has 3 aromatic rings. The minimum absolute atomic E-state index is 0.00815. The van der Waals surface area contributed by atoms with Gasteiger partial charge in [-0.05, 0) is 46.2 Å². The summed E-state index contributed by atoms with van der Waals surface area (Å²) >= 11 is 0. The van der Waals surface area contributed by atoms with Gasteiger partial charge in [0.25, 0.3) is 0 Å². The van der Waals surface area contributed by atoms with Gasteiger partial charge in [-0.1, -0.05) is 60.7 Å². The Bertz CT molecular complexity index is 1070. The Labute approximate surface area is 163 Å². The first-order valence-corrected chi connectivity index (χ1v) is 8.83. The lowest BCUT2D eigenvalue weighted by molar-refractivity contribution is -0.121. The molecule has 0 fully saturated rings. The summed E-state index contributed by atoms with van der Waals surface area (Å²) in [6.07, 6.45) is 5.86. The highest BCUT2D eigenvalue weighted by Crippen LogP contribution is 2.26. The highest BCUT2D eigenvalue weighted by atomic mass is 16.5. The summed E-state index contributed by atoms with van der Waals surface area (Å²) in [5, 5.41) is 11.9. The van der Waals surface area contributed by atoms with Crippen molar-refractivity contribution in [1.29, 1.82) is 0 Å². The maximum Gasteiger partial charge on any atom is 0.163 e. The Hall–Kier alpha value is -3.66.